The molecule has 1 atom stereocenters. The van der Waals surface area contributed by atoms with Crippen LogP contribution in [0.3, 0.4) is 0 Å². The van der Waals surface area contributed by atoms with Gasteiger partial charge in [-0.3, -0.25) is 15.0 Å². The Balaban J connectivity index is 1.47. The van der Waals surface area contributed by atoms with Gasteiger partial charge in [0.05, 0.1) is 5.41 Å². The number of carbonyl (C=O) groups is 2. The molecule has 1 heterocycles. The molecule has 0 radical (unpaired) electrons. The fourth-order valence-corrected chi connectivity index (χ4v) is 5.15. The number of hydrazine groups is 1. The molecule has 5 nitrogen and oxygen atoms in total. The normalized spacial score (nSPS) is 15.6. The Hall–Kier alpha value is -3.58. The molecule has 1 aliphatic rings. The van der Waals surface area contributed by atoms with Crippen molar-refractivity contribution in [3.05, 3.63) is 95.6 Å². The van der Waals surface area contributed by atoms with Crippen LogP contribution in [0, 0.1) is 11.6 Å². The minimum atomic E-state index is -0.867. The number of hydrogen-bond acceptors (Lipinski definition) is 3. The predicted octanol–water partition coefficient (Wildman–Crippen LogP) is 6.01. The van der Waals surface area contributed by atoms with Gasteiger partial charge in [0.25, 0.3) is 5.91 Å². The number of halogens is 2. The number of carbonyl (C=O) groups excluding carboxylic acids is 2. The summed E-state index contributed by atoms with van der Waals surface area (Å²) in [5, 5.41) is 0. The summed E-state index contributed by atoms with van der Waals surface area (Å²) in [5.41, 5.74) is 8.32. The van der Waals surface area contributed by atoms with Crippen LogP contribution in [-0.4, -0.2) is 35.8 Å². The van der Waals surface area contributed by atoms with E-state index in [9.17, 15) is 18.4 Å². The van der Waals surface area contributed by atoms with Crippen molar-refractivity contribution in [1.29, 1.82) is 0 Å². The highest BCUT2D eigenvalue weighted by molar-refractivity contribution is 5.95. The van der Waals surface area contributed by atoms with E-state index in [0.29, 0.717) is 31.5 Å². The van der Waals surface area contributed by atoms with E-state index in [1.165, 1.54) is 24.3 Å². The first kappa shape index (κ1) is 27.5. The Kier molecular flexibility index (Phi) is 8.89. The second-order valence-electron chi connectivity index (χ2n) is 9.96. The summed E-state index contributed by atoms with van der Waals surface area (Å²) >= 11 is 0. The molecule has 3 aromatic rings. The third kappa shape index (κ3) is 6.10. The minimum absolute atomic E-state index is 0.101. The molecule has 0 spiro atoms. The highest BCUT2D eigenvalue weighted by Gasteiger charge is 2.44. The van der Waals surface area contributed by atoms with Crippen molar-refractivity contribution in [1.82, 2.24) is 15.8 Å². The second kappa shape index (κ2) is 12.3. The highest BCUT2D eigenvalue weighted by atomic mass is 19.1. The zero-order chi connectivity index (χ0) is 27.1. The van der Waals surface area contributed by atoms with E-state index in [1.54, 1.807) is 41.3 Å². The highest BCUT2D eigenvalue weighted by Crippen LogP contribution is 2.36. The molecule has 1 unspecified atom stereocenters. The molecule has 1 fully saturated rings. The summed E-state index contributed by atoms with van der Waals surface area (Å²) in [6.07, 6.45) is 3.70. The summed E-state index contributed by atoms with van der Waals surface area (Å²) in [6, 6.07) is 19.8. The van der Waals surface area contributed by atoms with Gasteiger partial charge < -0.3 is 4.90 Å². The number of piperidine rings is 1. The first-order chi connectivity index (χ1) is 18.4. The lowest BCUT2D eigenvalue weighted by Gasteiger charge is -2.41. The maximum atomic E-state index is 13.7. The van der Waals surface area contributed by atoms with Gasteiger partial charge >= 0.3 is 0 Å². The number of amides is 2. The number of likely N-dealkylation sites (tertiary alicyclic amines) is 1. The van der Waals surface area contributed by atoms with Crippen LogP contribution in [0.4, 0.5) is 8.78 Å². The molecule has 2 amide bonds. The Morgan fingerprint density at radius 1 is 0.842 bits per heavy atom. The SMILES string of the molecule is CCCC(CC)NNC(=O)C1(c2ccc(F)cc2)CCN(C(=O)c2ccc(-c3ccc(F)cc3)cc2)CC1. The fraction of sp³-hybridized carbons (Fsp3) is 0.355. The van der Waals surface area contributed by atoms with Crippen LogP contribution in [0.15, 0.2) is 72.8 Å². The van der Waals surface area contributed by atoms with Gasteiger partial charge in [0.15, 0.2) is 0 Å². The van der Waals surface area contributed by atoms with Gasteiger partial charge in [-0.1, -0.05) is 56.7 Å². The molecule has 200 valence electrons. The van der Waals surface area contributed by atoms with Crippen LogP contribution in [0.1, 0.15) is 61.9 Å². The number of hydrogen-bond donors (Lipinski definition) is 2. The molecule has 7 heteroatoms. The molecule has 0 saturated carbocycles. The van der Waals surface area contributed by atoms with Crippen molar-refractivity contribution in [2.75, 3.05) is 13.1 Å². The Morgan fingerprint density at radius 2 is 1.37 bits per heavy atom. The number of benzene rings is 3. The average molecular weight is 520 g/mol. The van der Waals surface area contributed by atoms with Crippen LogP contribution >= 0.6 is 0 Å². The Bertz CT molecular complexity index is 1220. The molecular formula is C31H35F2N3O2. The Labute approximate surface area is 223 Å². The summed E-state index contributed by atoms with van der Waals surface area (Å²) in [4.78, 5) is 28.6. The maximum absolute atomic E-state index is 13.7. The van der Waals surface area contributed by atoms with Crippen LogP contribution in [0.25, 0.3) is 11.1 Å². The molecule has 1 aliphatic heterocycles. The summed E-state index contributed by atoms with van der Waals surface area (Å²) in [6.45, 7) is 4.98. The van der Waals surface area contributed by atoms with Gasteiger partial charge in [-0.25, -0.2) is 14.2 Å². The predicted molar refractivity (Wildman–Crippen MR) is 145 cm³/mol. The first-order valence-corrected chi connectivity index (χ1v) is 13.3. The zero-order valence-corrected chi connectivity index (χ0v) is 22.0. The van der Waals surface area contributed by atoms with Gasteiger partial charge in [0, 0.05) is 24.7 Å². The molecule has 1 saturated heterocycles. The van der Waals surface area contributed by atoms with Crippen molar-refractivity contribution in [2.24, 2.45) is 0 Å². The molecule has 38 heavy (non-hydrogen) atoms. The smallest absolute Gasteiger partial charge is 0.253 e. The molecule has 4 rings (SSSR count). The molecule has 0 bridgehead atoms. The topological polar surface area (TPSA) is 61.4 Å². The minimum Gasteiger partial charge on any atom is -0.339 e. The fourth-order valence-electron chi connectivity index (χ4n) is 5.15. The van der Waals surface area contributed by atoms with E-state index >= 15 is 0 Å². The molecule has 0 aromatic heterocycles. The van der Waals surface area contributed by atoms with E-state index in [0.717, 1.165) is 36.0 Å². The third-order valence-corrected chi connectivity index (χ3v) is 7.56. The lowest BCUT2D eigenvalue weighted by atomic mass is 9.72. The standard InChI is InChI=1S/C31H35F2N3O2/c1-3-5-28(4-2)34-35-30(38)31(25-12-16-27(33)17-13-25)18-20-36(21-19-31)29(37)24-8-6-22(7-9-24)23-10-14-26(32)15-11-23/h6-17,28,34H,3-5,18-21H2,1-2H3,(H,35,38). The summed E-state index contributed by atoms with van der Waals surface area (Å²) < 4.78 is 26.9. The third-order valence-electron chi connectivity index (χ3n) is 7.56. The largest absolute Gasteiger partial charge is 0.339 e. The number of nitrogens with one attached hydrogen (secondary N) is 2. The van der Waals surface area contributed by atoms with Gasteiger partial charge in [0.2, 0.25) is 5.91 Å². The van der Waals surface area contributed by atoms with E-state index < -0.39 is 5.41 Å². The zero-order valence-electron chi connectivity index (χ0n) is 22.0. The second-order valence-corrected chi connectivity index (χ2v) is 9.96. The van der Waals surface area contributed by atoms with Crippen LogP contribution in [-0.2, 0) is 10.2 Å². The summed E-state index contributed by atoms with van der Waals surface area (Å²) in [7, 11) is 0. The van der Waals surface area contributed by atoms with Crippen molar-refractivity contribution < 1.29 is 18.4 Å². The van der Waals surface area contributed by atoms with E-state index in [-0.39, 0.29) is 29.5 Å². The van der Waals surface area contributed by atoms with Gasteiger partial charge in [-0.2, -0.15) is 0 Å². The van der Waals surface area contributed by atoms with Crippen LogP contribution in [0.2, 0.25) is 0 Å². The summed E-state index contributed by atoms with van der Waals surface area (Å²) in [5.74, 6) is -0.906. The maximum Gasteiger partial charge on any atom is 0.253 e. The first-order valence-electron chi connectivity index (χ1n) is 13.3. The van der Waals surface area contributed by atoms with Gasteiger partial charge in [0.1, 0.15) is 11.6 Å². The number of rotatable bonds is 9. The molecule has 2 N–H and O–H groups in total. The van der Waals surface area contributed by atoms with Crippen LogP contribution in [0.5, 0.6) is 0 Å². The van der Waals surface area contributed by atoms with Crippen molar-refractivity contribution in [2.45, 2.75) is 57.4 Å². The quantitative estimate of drug-likeness (QED) is 0.341. The average Bonchev–Trinajstić information content (AvgIpc) is 2.95. The van der Waals surface area contributed by atoms with Crippen LogP contribution < -0.4 is 10.9 Å². The molecular weight excluding hydrogens is 484 g/mol. The van der Waals surface area contributed by atoms with E-state index in [1.807, 2.05) is 12.1 Å². The van der Waals surface area contributed by atoms with E-state index in [2.05, 4.69) is 24.7 Å². The lowest BCUT2D eigenvalue weighted by Crippen LogP contribution is -2.56. The van der Waals surface area contributed by atoms with Gasteiger partial charge in [-0.15, -0.1) is 0 Å². The Morgan fingerprint density at radius 3 is 1.89 bits per heavy atom. The van der Waals surface area contributed by atoms with Gasteiger partial charge in [-0.05, 0) is 78.8 Å². The number of nitrogens with zero attached hydrogens (tertiary/aromatic N) is 1. The lowest BCUT2D eigenvalue weighted by molar-refractivity contribution is -0.129. The van der Waals surface area contributed by atoms with E-state index in [4.69, 9.17) is 0 Å². The van der Waals surface area contributed by atoms with Crippen molar-refractivity contribution in [3.8, 4) is 11.1 Å². The molecule has 3 aromatic carbocycles. The van der Waals surface area contributed by atoms with Crippen molar-refractivity contribution in [3.63, 3.8) is 0 Å². The molecule has 0 aliphatic carbocycles. The monoisotopic (exact) mass is 519 g/mol. The van der Waals surface area contributed by atoms with Crippen molar-refractivity contribution >= 4 is 11.8 Å².